The van der Waals surface area contributed by atoms with Gasteiger partial charge in [0.25, 0.3) is 5.91 Å². The Kier molecular flexibility index (Phi) is 5.41. The van der Waals surface area contributed by atoms with Crippen molar-refractivity contribution in [2.75, 3.05) is 40.0 Å². The Hall–Kier alpha value is -1.59. The van der Waals surface area contributed by atoms with Crippen LogP contribution in [0.1, 0.15) is 35.7 Å². The van der Waals surface area contributed by atoms with Crippen LogP contribution in [0.5, 0.6) is 5.75 Å². The van der Waals surface area contributed by atoms with Crippen molar-refractivity contribution in [3.8, 4) is 5.75 Å². The van der Waals surface area contributed by atoms with E-state index in [0.29, 0.717) is 12.1 Å². The Morgan fingerprint density at radius 1 is 1.33 bits per heavy atom. The molecule has 132 valence electrons. The number of benzene rings is 1. The van der Waals surface area contributed by atoms with E-state index in [2.05, 4.69) is 11.8 Å². The molecule has 2 saturated heterocycles. The number of aryl methyl sites for hydroxylation is 1. The quantitative estimate of drug-likeness (QED) is 0.849. The van der Waals surface area contributed by atoms with Crippen LogP contribution in [0.2, 0.25) is 0 Å². The van der Waals surface area contributed by atoms with Gasteiger partial charge in [-0.2, -0.15) is 0 Å². The molecule has 5 nitrogen and oxygen atoms in total. The molecular weight excluding hydrogens is 304 g/mol. The van der Waals surface area contributed by atoms with Crippen LogP contribution in [0, 0.1) is 6.92 Å². The zero-order chi connectivity index (χ0) is 17.1. The first-order chi connectivity index (χ1) is 11.6. The minimum absolute atomic E-state index is 0.109. The fourth-order valence-electron chi connectivity index (χ4n) is 3.90. The lowest BCUT2D eigenvalue weighted by molar-refractivity contribution is -0.0776. The predicted molar refractivity (Wildman–Crippen MR) is 93.6 cm³/mol. The largest absolute Gasteiger partial charge is 0.496 e. The fourth-order valence-corrected chi connectivity index (χ4v) is 3.90. The molecule has 2 heterocycles. The van der Waals surface area contributed by atoms with Gasteiger partial charge >= 0.3 is 0 Å². The number of morpholine rings is 1. The van der Waals surface area contributed by atoms with E-state index in [1.165, 1.54) is 12.8 Å². The molecule has 2 fully saturated rings. The average Bonchev–Trinajstić information content (AvgIpc) is 2.61. The number of carbonyl (C=O) groups excluding carboxylic acids is 1. The summed E-state index contributed by atoms with van der Waals surface area (Å²) in [5, 5.41) is 0. The van der Waals surface area contributed by atoms with Crippen molar-refractivity contribution in [3.05, 3.63) is 29.3 Å². The van der Waals surface area contributed by atoms with E-state index in [-0.39, 0.29) is 5.91 Å². The highest BCUT2D eigenvalue weighted by atomic mass is 16.5. The number of piperazine rings is 1. The molecule has 2 atom stereocenters. The summed E-state index contributed by atoms with van der Waals surface area (Å²) >= 11 is 0. The molecular formula is C19H28N2O3. The Bertz CT molecular complexity index is 588. The molecule has 2 aliphatic heterocycles. The number of amides is 1. The van der Waals surface area contributed by atoms with Crippen molar-refractivity contribution in [1.82, 2.24) is 9.80 Å². The number of methoxy groups -OCH3 is 1. The fraction of sp³-hybridized carbons (Fsp3) is 0.632. The molecule has 1 aromatic rings. The number of rotatable bonds is 4. The second kappa shape index (κ2) is 7.53. The maximum absolute atomic E-state index is 12.9. The number of hydrogen-bond donors (Lipinski definition) is 0. The Morgan fingerprint density at radius 3 is 2.88 bits per heavy atom. The van der Waals surface area contributed by atoms with Crippen LogP contribution in [-0.2, 0) is 4.74 Å². The van der Waals surface area contributed by atoms with Gasteiger partial charge in [-0.1, -0.05) is 13.3 Å². The van der Waals surface area contributed by atoms with Crippen molar-refractivity contribution in [1.29, 1.82) is 0 Å². The molecule has 0 bridgehead atoms. The Labute approximate surface area is 144 Å². The highest BCUT2D eigenvalue weighted by Gasteiger charge is 2.36. The second-order valence-corrected chi connectivity index (χ2v) is 6.81. The zero-order valence-corrected chi connectivity index (χ0v) is 15.0. The third-order valence-corrected chi connectivity index (χ3v) is 5.17. The van der Waals surface area contributed by atoms with Gasteiger partial charge in [-0.15, -0.1) is 0 Å². The van der Waals surface area contributed by atoms with Gasteiger partial charge < -0.3 is 14.4 Å². The SMILES string of the molecule is CCC[C@H]1COC[C@H]2CN(C(=O)c3ccc(OC)c(C)c3)CCN12. The number of nitrogens with zero attached hydrogens (tertiary/aromatic N) is 2. The molecule has 5 heteroatoms. The molecule has 24 heavy (non-hydrogen) atoms. The van der Waals surface area contributed by atoms with Gasteiger partial charge in [-0.25, -0.2) is 0 Å². The third-order valence-electron chi connectivity index (χ3n) is 5.17. The lowest BCUT2D eigenvalue weighted by Crippen LogP contribution is -2.62. The van der Waals surface area contributed by atoms with E-state index in [4.69, 9.17) is 9.47 Å². The van der Waals surface area contributed by atoms with Crippen molar-refractivity contribution >= 4 is 5.91 Å². The Morgan fingerprint density at radius 2 is 2.17 bits per heavy atom. The van der Waals surface area contributed by atoms with Gasteiger partial charge in [0.05, 0.1) is 26.4 Å². The molecule has 0 radical (unpaired) electrons. The standard InChI is InChI=1S/C19H28N2O3/c1-4-5-16-12-24-13-17-11-20(8-9-21(16)17)19(22)15-6-7-18(23-3)14(2)10-15/h6-7,10,16-17H,4-5,8-9,11-13H2,1-3H3/t16-,17+/m0/s1. The third kappa shape index (κ3) is 3.42. The van der Waals surface area contributed by atoms with Crippen LogP contribution in [-0.4, -0.2) is 67.7 Å². The average molecular weight is 332 g/mol. The summed E-state index contributed by atoms with van der Waals surface area (Å²) in [4.78, 5) is 17.4. The summed E-state index contributed by atoms with van der Waals surface area (Å²) < 4.78 is 11.1. The highest BCUT2D eigenvalue weighted by molar-refractivity contribution is 5.94. The van der Waals surface area contributed by atoms with Gasteiger partial charge in [-0.05, 0) is 37.1 Å². The molecule has 0 unspecified atom stereocenters. The van der Waals surface area contributed by atoms with Crippen molar-refractivity contribution in [3.63, 3.8) is 0 Å². The van der Waals surface area contributed by atoms with E-state index in [1.54, 1.807) is 7.11 Å². The van der Waals surface area contributed by atoms with Gasteiger partial charge in [0.2, 0.25) is 0 Å². The number of ether oxygens (including phenoxy) is 2. The first-order valence-electron chi connectivity index (χ1n) is 8.91. The maximum atomic E-state index is 12.9. The lowest BCUT2D eigenvalue weighted by Gasteiger charge is -2.48. The van der Waals surface area contributed by atoms with Crippen molar-refractivity contribution in [2.45, 2.75) is 38.8 Å². The molecule has 0 aromatic heterocycles. The smallest absolute Gasteiger partial charge is 0.253 e. The van der Waals surface area contributed by atoms with E-state index < -0.39 is 0 Å². The van der Waals surface area contributed by atoms with Crippen LogP contribution in [0.4, 0.5) is 0 Å². The van der Waals surface area contributed by atoms with Gasteiger partial charge in [0.1, 0.15) is 5.75 Å². The summed E-state index contributed by atoms with van der Waals surface area (Å²) in [5.41, 5.74) is 1.73. The lowest BCUT2D eigenvalue weighted by atomic mass is 10.0. The van der Waals surface area contributed by atoms with Crippen LogP contribution in [0.3, 0.4) is 0 Å². The minimum Gasteiger partial charge on any atom is -0.496 e. The number of hydrogen-bond acceptors (Lipinski definition) is 4. The Balaban J connectivity index is 1.68. The van der Waals surface area contributed by atoms with E-state index in [1.807, 2.05) is 30.0 Å². The van der Waals surface area contributed by atoms with Crippen LogP contribution >= 0.6 is 0 Å². The van der Waals surface area contributed by atoms with Crippen LogP contribution in [0.15, 0.2) is 18.2 Å². The zero-order valence-electron chi connectivity index (χ0n) is 15.0. The molecule has 1 aromatic carbocycles. The molecule has 0 spiro atoms. The van der Waals surface area contributed by atoms with Crippen LogP contribution < -0.4 is 4.74 Å². The highest BCUT2D eigenvalue weighted by Crippen LogP contribution is 2.24. The molecule has 2 aliphatic rings. The number of fused-ring (bicyclic) bond motifs is 1. The summed E-state index contributed by atoms with van der Waals surface area (Å²) in [5.74, 6) is 0.928. The number of carbonyl (C=O) groups is 1. The maximum Gasteiger partial charge on any atom is 0.253 e. The van der Waals surface area contributed by atoms with E-state index >= 15 is 0 Å². The van der Waals surface area contributed by atoms with Crippen molar-refractivity contribution < 1.29 is 14.3 Å². The molecule has 0 saturated carbocycles. The molecule has 3 rings (SSSR count). The first kappa shape index (κ1) is 17.2. The topological polar surface area (TPSA) is 42.0 Å². The molecule has 1 amide bonds. The molecule has 0 N–H and O–H groups in total. The van der Waals surface area contributed by atoms with E-state index in [0.717, 1.165) is 49.7 Å². The van der Waals surface area contributed by atoms with Crippen LogP contribution in [0.25, 0.3) is 0 Å². The summed E-state index contributed by atoms with van der Waals surface area (Å²) in [6.07, 6.45) is 2.34. The normalized spacial score (nSPS) is 24.5. The summed E-state index contributed by atoms with van der Waals surface area (Å²) in [7, 11) is 1.65. The summed E-state index contributed by atoms with van der Waals surface area (Å²) in [6, 6.07) is 6.49. The van der Waals surface area contributed by atoms with Gasteiger partial charge in [0.15, 0.2) is 0 Å². The first-order valence-corrected chi connectivity index (χ1v) is 8.91. The van der Waals surface area contributed by atoms with E-state index in [9.17, 15) is 4.79 Å². The van der Waals surface area contributed by atoms with Gasteiger partial charge in [0, 0.05) is 31.2 Å². The molecule has 0 aliphatic carbocycles. The second-order valence-electron chi connectivity index (χ2n) is 6.81. The minimum atomic E-state index is 0.109. The predicted octanol–water partition coefficient (Wildman–Crippen LogP) is 2.33. The van der Waals surface area contributed by atoms with Gasteiger partial charge in [-0.3, -0.25) is 9.69 Å². The summed E-state index contributed by atoms with van der Waals surface area (Å²) in [6.45, 7) is 8.24. The monoisotopic (exact) mass is 332 g/mol. The van der Waals surface area contributed by atoms with Crippen molar-refractivity contribution in [2.24, 2.45) is 0 Å².